The number of ether oxygens (including phenoxy) is 1. The second-order valence-electron chi connectivity index (χ2n) is 5.28. The Morgan fingerprint density at radius 1 is 1.38 bits per heavy atom. The van der Waals surface area contributed by atoms with Gasteiger partial charge in [0.2, 0.25) is 5.95 Å². The number of fused-ring (bicyclic) bond motifs is 2. The third-order valence-electron chi connectivity index (χ3n) is 4.06. The summed E-state index contributed by atoms with van der Waals surface area (Å²) in [7, 11) is 0. The number of para-hydroxylation sites is 1. The van der Waals surface area contributed by atoms with Gasteiger partial charge in [-0.1, -0.05) is 18.2 Å². The topological polar surface area (TPSA) is 70.9 Å². The van der Waals surface area contributed by atoms with E-state index in [-0.39, 0.29) is 6.04 Å². The van der Waals surface area contributed by atoms with Crippen molar-refractivity contribution in [2.45, 2.75) is 26.4 Å². The number of anilines is 1. The Labute approximate surface area is 122 Å². The monoisotopic (exact) mass is 283 g/mol. The van der Waals surface area contributed by atoms with Crippen molar-refractivity contribution in [2.24, 2.45) is 0 Å². The fraction of sp³-hybridized carbons (Fsp3) is 0.333. The highest BCUT2D eigenvalue weighted by molar-refractivity contribution is 5.78. The first-order chi connectivity index (χ1) is 10.2. The Kier molecular flexibility index (Phi) is 2.48. The number of imidazole rings is 1. The summed E-state index contributed by atoms with van der Waals surface area (Å²) in [6, 6.07) is 8.12. The maximum atomic E-state index is 6.18. The number of nitrogen functional groups attached to an aromatic ring is 1. The highest BCUT2D eigenvalue weighted by atomic mass is 16.5. The van der Waals surface area contributed by atoms with Gasteiger partial charge in [-0.05, 0) is 19.9 Å². The third kappa shape index (κ3) is 1.59. The molecule has 0 aliphatic carbocycles. The van der Waals surface area contributed by atoms with Crippen LogP contribution in [0.1, 0.15) is 24.2 Å². The molecule has 0 spiro atoms. The van der Waals surface area contributed by atoms with Gasteiger partial charge in [0.1, 0.15) is 23.9 Å². The van der Waals surface area contributed by atoms with Gasteiger partial charge in [-0.2, -0.15) is 5.10 Å². The van der Waals surface area contributed by atoms with Gasteiger partial charge >= 0.3 is 0 Å². The summed E-state index contributed by atoms with van der Waals surface area (Å²) in [5.74, 6) is 1.43. The fourth-order valence-corrected chi connectivity index (χ4v) is 3.09. The van der Waals surface area contributed by atoms with E-state index in [1.807, 2.05) is 34.4 Å². The van der Waals surface area contributed by atoms with E-state index in [1.54, 1.807) is 0 Å². The zero-order valence-corrected chi connectivity index (χ0v) is 12.1. The molecule has 6 heteroatoms. The van der Waals surface area contributed by atoms with Crippen molar-refractivity contribution in [3.63, 3.8) is 0 Å². The molecule has 108 valence electrons. The van der Waals surface area contributed by atoms with Gasteiger partial charge in [0, 0.05) is 12.1 Å². The van der Waals surface area contributed by atoms with Gasteiger partial charge in [0.15, 0.2) is 5.65 Å². The number of nitrogens with zero attached hydrogens (tertiary/aromatic N) is 4. The van der Waals surface area contributed by atoms with E-state index in [9.17, 15) is 0 Å². The summed E-state index contributed by atoms with van der Waals surface area (Å²) in [5.41, 5.74) is 10.1. The summed E-state index contributed by atoms with van der Waals surface area (Å²) in [5, 5.41) is 4.53. The van der Waals surface area contributed by atoms with Crippen molar-refractivity contribution < 1.29 is 4.74 Å². The predicted molar refractivity (Wildman–Crippen MR) is 80.4 cm³/mol. The Morgan fingerprint density at radius 2 is 2.19 bits per heavy atom. The number of hydrogen-bond donors (Lipinski definition) is 1. The lowest BCUT2D eigenvalue weighted by atomic mass is 10.1. The lowest BCUT2D eigenvalue weighted by Gasteiger charge is -2.14. The molecule has 6 nitrogen and oxygen atoms in total. The van der Waals surface area contributed by atoms with Crippen LogP contribution in [0.5, 0.6) is 5.75 Å². The van der Waals surface area contributed by atoms with E-state index >= 15 is 0 Å². The Hall–Kier alpha value is -2.50. The molecule has 1 atom stereocenters. The van der Waals surface area contributed by atoms with Crippen LogP contribution in [0.25, 0.3) is 11.2 Å². The molecule has 3 heterocycles. The van der Waals surface area contributed by atoms with Gasteiger partial charge in [0.05, 0.1) is 5.69 Å². The number of aromatic nitrogens is 4. The zero-order valence-electron chi connectivity index (χ0n) is 12.1. The molecule has 0 saturated carbocycles. The molecule has 3 aromatic rings. The zero-order chi connectivity index (χ0) is 14.6. The number of rotatable bonds is 2. The second kappa shape index (κ2) is 4.25. The molecule has 2 N–H and O–H groups in total. The van der Waals surface area contributed by atoms with E-state index in [0.717, 1.165) is 34.7 Å². The van der Waals surface area contributed by atoms with Crippen LogP contribution in [-0.2, 0) is 6.54 Å². The van der Waals surface area contributed by atoms with Crippen LogP contribution in [0.15, 0.2) is 24.3 Å². The van der Waals surface area contributed by atoms with Crippen LogP contribution in [0.4, 0.5) is 5.95 Å². The quantitative estimate of drug-likeness (QED) is 0.782. The van der Waals surface area contributed by atoms with Gasteiger partial charge < -0.3 is 10.5 Å². The molecule has 1 aliphatic heterocycles. The highest BCUT2D eigenvalue weighted by Gasteiger charge is 2.30. The van der Waals surface area contributed by atoms with Crippen LogP contribution in [0.2, 0.25) is 0 Å². The fourth-order valence-electron chi connectivity index (χ4n) is 3.09. The van der Waals surface area contributed by atoms with E-state index in [2.05, 4.69) is 23.1 Å². The molecule has 0 radical (unpaired) electrons. The standard InChI is InChI=1S/C15H17N5O/c1-3-19-14-13(9(2)18-19)17-15(16)20(14)11-8-21-12-7-5-4-6-10(11)12/h4-7,11H,3,8H2,1-2H3,(H2,16,17). The number of benzene rings is 1. The summed E-state index contributed by atoms with van der Waals surface area (Å²) in [6.45, 7) is 5.39. The van der Waals surface area contributed by atoms with Crippen LogP contribution in [0, 0.1) is 6.92 Å². The van der Waals surface area contributed by atoms with Gasteiger partial charge in [-0.3, -0.25) is 4.57 Å². The van der Waals surface area contributed by atoms with Crippen LogP contribution in [-0.4, -0.2) is 25.9 Å². The minimum atomic E-state index is 0.0487. The summed E-state index contributed by atoms with van der Waals surface area (Å²) < 4.78 is 9.78. The molecular weight excluding hydrogens is 266 g/mol. The average Bonchev–Trinajstić information content (AvgIpc) is 3.13. The first kappa shape index (κ1) is 12.3. The first-order valence-electron chi connectivity index (χ1n) is 7.13. The van der Waals surface area contributed by atoms with Crippen molar-refractivity contribution in [3.05, 3.63) is 35.5 Å². The first-order valence-corrected chi connectivity index (χ1v) is 7.13. The molecule has 0 fully saturated rings. The number of nitrogens with two attached hydrogens (primary N) is 1. The van der Waals surface area contributed by atoms with Crippen molar-refractivity contribution in [1.29, 1.82) is 0 Å². The number of aryl methyl sites for hydroxylation is 2. The maximum Gasteiger partial charge on any atom is 0.203 e. The van der Waals surface area contributed by atoms with Gasteiger partial charge in [-0.25, -0.2) is 9.67 Å². The van der Waals surface area contributed by atoms with Gasteiger partial charge in [0.25, 0.3) is 0 Å². The van der Waals surface area contributed by atoms with E-state index in [0.29, 0.717) is 12.6 Å². The highest BCUT2D eigenvalue weighted by Crippen LogP contribution is 2.38. The Balaban J connectivity index is 1.97. The van der Waals surface area contributed by atoms with Crippen LogP contribution < -0.4 is 10.5 Å². The normalized spacial score (nSPS) is 17.1. The summed E-state index contributed by atoms with van der Waals surface area (Å²) in [4.78, 5) is 4.50. The van der Waals surface area contributed by atoms with Gasteiger partial charge in [-0.15, -0.1) is 0 Å². The molecule has 2 aromatic heterocycles. The van der Waals surface area contributed by atoms with Crippen molar-refractivity contribution >= 4 is 17.1 Å². The minimum absolute atomic E-state index is 0.0487. The van der Waals surface area contributed by atoms with Crippen LogP contribution in [0.3, 0.4) is 0 Å². The SMILES string of the molecule is CCn1nc(C)c2nc(N)n(C3COc4ccccc43)c21. The average molecular weight is 283 g/mol. The molecule has 4 rings (SSSR count). The Morgan fingerprint density at radius 3 is 3.00 bits per heavy atom. The molecule has 1 aliphatic rings. The third-order valence-corrected chi connectivity index (χ3v) is 4.06. The van der Waals surface area contributed by atoms with E-state index < -0.39 is 0 Å². The molecule has 1 aromatic carbocycles. The maximum absolute atomic E-state index is 6.18. The number of hydrogen-bond acceptors (Lipinski definition) is 4. The summed E-state index contributed by atoms with van der Waals surface area (Å²) in [6.07, 6.45) is 0. The molecular formula is C15H17N5O. The second-order valence-corrected chi connectivity index (χ2v) is 5.28. The van der Waals surface area contributed by atoms with Crippen molar-refractivity contribution in [1.82, 2.24) is 19.3 Å². The lowest BCUT2D eigenvalue weighted by molar-refractivity contribution is 0.319. The molecule has 0 saturated heterocycles. The van der Waals surface area contributed by atoms with Crippen LogP contribution >= 0.6 is 0 Å². The largest absolute Gasteiger partial charge is 0.491 e. The van der Waals surface area contributed by atoms with E-state index in [4.69, 9.17) is 10.5 Å². The molecule has 0 bridgehead atoms. The molecule has 21 heavy (non-hydrogen) atoms. The predicted octanol–water partition coefficient (Wildman–Crippen LogP) is 2.13. The lowest BCUT2D eigenvalue weighted by Crippen LogP contribution is -2.17. The molecule has 1 unspecified atom stereocenters. The minimum Gasteiger partial charge on any atom is -0.491 e. The smallest absolute Gasteiger partial charge is 0.203 e. The van der Waals surface area contributed by atoms with Crippen molar-refractivity contribution in [3.8, 4) is 5.75 Å². The summed E-state index contributed by atoms with van der Waals surface area (Å²) >= 11 is 0. The molecule has 0 amide bonds. The van der Waals surface area contributed by atoms with E-state index in [1.165, 1.54) is 0 Å². The Bertz CT molecular complexity index is 832. The van der Waals surface area contributed by atoms with Crippen molar-refractivity contribution in [2.75, 3.05) is 12.3 Å².